The molecule has 1 saturated heterocycles. The third kappa shape index (κ3) is 5.31. The van der Waals surface area contributed by atoms with E-state index in [1.807, 2.05) is 36.4 Å². The van der Waals surface area contributed by atoms with Crippen LogP contribution < -0.4 is 4.31 Å². The van der Waals surface area contributed by atoms with E-state index >= 15 is 0 Å². The van der Waals surface area contributed by atoms with Crippen molar-refractivity contribution < 1.29 is 26.8 Å². The Balaban J connectivity index is 1.46. The first-order valence-corrected chi connectivity index (χ1v) is 16.1. The first-order chi connectivity index (χ1) is 20.5. The number of likely N-dealkylation sites (tertiary alicyclic amines) is 1. The van der Waals surface area contributed by atoms with Crippen LogP contribution in [0.1, 0.15) is 58.5 Å². The number of halogens is 1. The maximum atomic E-state index is 13.7. The van der Waals surface area contributed by atoms with Crippen LogP contribution in [0.15, 0.2) is 71.1 Å². The number of H-pyrrole nitrogens is 1. The molecule has 1 N–H and O–H groups in total. The number of nitrogens with one attached hydrogen (secondary N) is 1. The van der Waals surface area contributed by atoms with Gasteiger partial charge in [0.1, 0.15) is 22.9 Å². The molecular weight excluding hydrogens is 569 g/mol. The third-order valence-corrected chi connectivity index (χ3v) is 9.48. The van der Waals surface area contributed by atoms with Crippen LogP contribution >= 0.6 is 0 Å². The van der Waals surface area contributed by atoms with Gasteiger partial charge < -0.3 is 14.3 Å². The lowest BCUT2D eigenvalue weighted by molar-refractivity contribution is 0.0702. The number of carbonyl (C=O) groups excluding carboxylic acids is 2. The number of hydrogen-bond acceptors (Lipinski definition) is 5. The van der Waals surface area contributed by atoms with Crippen molar-refractivity contribution in [2.24, 2.45) is 0 Å². The topological polar surface area (TPSA) is 104 Å². The first-order valence-electron chi connectivity index (χ1n) is 14.3. The molecule has 6 rings (SSSR count). The second-order valence-electron chi connectivity index (χ2n) is 11.1. The molecule has 1 fully saturated rings. The summed E-state index contributed by atoms with van der Waals surface area (Å²) in [6.07, 6.45) is 2.81. The highest BCUT2D eigenvalue weighted by atomic mass is 32.2. The molecule has 0 unspecified atom stereocenters. The number of aromatic amines is 1. The minimum absolute atomic E-state index is 0.122. The maximum Gasteiger partial charge on any atom is 0.270 e. The Morgan fingerprint density at radius 2 is 1.84 bits per heavy atom. The van der Waals surface area contributed by atoms with Crippen LogP contribution in [-0.2, 0) is 10.0 Å². The van der Waals surface area contributed by atoms with Crippen LogP contribution in [0.25, 0.3) is 33.2 Å². The fourth-order valence-electron chi connectivity index (χ4n) is 5.96. The third-order valence-electron chi connectivity index (χ3n) is 8.29. The predicted molar refractivity (Wildman–Crippen MR) is 166 cm³/mol. The fraction of sp³-hybridized carbons (Fsp3) is 0.273. The number of anilines is 1. The zero-order valence-corrected chi connectivity index (χ0v) is 25.0. The molecule has 1 atom stereocenters. The lowest BCUT2D eigenvalue weighted by Crippen LogP contribution is -2.39. The molecule has 1 amide bonds. The summed E-state index contributed by atoms with van der Waals surface area (Å²) >= 11 is 0. The smallest absolute Gasteiger partial charge is 0.270 e. The van der Waals surface area contributed by atoms with E-state index in [1.54, 1.807) is 30.0 Å². The Labute approximate surface area is 249 Å². The molecule has 222 valence electrons. The van der Waals surface area contributed by atoms with Crippen LogP contribution in [0.4, 0.5) is 10.1 Å². The Bertz CT molecular complexity index is 1940. The molecular formula is C33H32FN3O5S. The highest BCUT2D eigenvalue weighted by Gasteiger charge is 2.32. The SMILES string of the molecule is CCC(=O)c1c(-c2ccc(F)cc2)oc2cc(N(C)S(C)(=O)=O)c([C@@H]3CCCN(C(=O)c4cc5ccccc5[nH]4)C3)cc12. The van der Waals surface area contributed by atoms with Gasteiger partial charge in [0.25, 0.3) is 5.91 Å². The summed E-state index contributed by atoms with van der Waals surface area (Å²) < 4.78 is 46.6. The summed E-state index contributed by atoms with van der Waals surface area (Å²) in [5.74, 6) is -0.562. The van der Waals surface area contributed by atoms with Crippen LogP contribution in [0.2, 0.25) is 0 Å². The molecule has 2 aromatic heterocycles. The van der Waals surface area contributed by atoms with E-state index in [-0.39, 0.29) is 24.0 Å². The molecule has 3 aromatic carbocycles. The molecule has 1 aliphatic heterocycles. The average molecular weight is 602 g/mol. The van der Waals surface area contributed by atoms with Gasteiger partial charge >= 0.3 is 0 Å². The maximum absolute atomic E-state index is 13.7. The van der Waals surface area contributed by atoms with Gasteiger partial charge in [-0.1, -0.05) is 25.1 Å². The summed E-state index contributed by atoms with van der Waals surface area (Å²) in [5, 5.41) is 1.51. The number of rotatable bonds is 7. The number of sulfonamides is 1. The van der Waals surface area contributed by atoms with E-state index in [9.17, 15) is 22.4 Å². The Kier molecular flexibility index (Phi) is 7.33. The number of ketones is 1. The standard InChI is InChI=1S/C33H32FN3O5S/c1-4-29(38)31-25-17-24(22-9-7-15-37(19-22)33(39)27-16-21-8-5-6-10-26(21)35-27)28(36(2)43(3,40)41)18-30(25)42-32(31)20-11-13-23(34)14-12-20/h5-6,8,10-14,16-18,22,35H,4,7,9,15,19H2,1-3H3/t22-/m1/s1. The van der Waals surface area contributed by atoms with Gasteiger partial charge in [0, 0.05) is 60.4 Å². The van der Waals surface area contributed by atoms with E-state index in [0.29, 0.717) is 57.9 Å². The van der Waals surface area contributed by atoms with Crippen LogP contribution in [-0.4, -0.2) is 56.4 Å². The number of para-hydroxylation sites is 1. The zero-order chi connectivity index (χ0) is 30.5. The molecule has 3 heterocycles. The van der Waals surface area contributed by atoms with E-state index < -0.39 is 15.8 Å². The number of amides is 1. The van der Waals surface area contributed by atoms with Gasteiger partial charge in [-0.15, -0.1) is 0 Å². The fourth-order valence-corrected chi connectivity index (χ4v) is 6.48. The van der Waals surface area contributed by atoms with E-state index in [0.717, 1.165) is 30.0 Å². The second kappa shape index (κ2) is 11.0. The Hall–Kier alpha value is -4.44. The average Bonchev–Trinajstić information content (AvgIpc) is 3.61. The van der Waals surface area contributed by atoms with Crippen molar-refractivity contribution in [3.8, 4) is 11.3 Å². The molecule has 10 heteroatoms. The lowest BCUT2D eigenvalue weighted by atomic mass is 9.87. The van der Waals surface area contributed by atoms with Gasteiger partial charge in [-0.05, 0) is 60.9 Å². The van der Waals surface area contributed by atoms with E-state index in [1.165, 1.54) is 23.5 Å². The van der Waals surface area contributed by atoms with Crippen molar-refractivity contribution >= 4 is 49.3 Å². The zero-order valence-electron chi connectivity index (χ0n) is 24.2. The van der Waals surface area contributed by atoms with Gasteiger partial charge in [0.15, 0.2) is 5.78 Å². The number of hydrogen-bond donors (Lipinski definition) is 1. The highest BCUT2D eigenvalue weighted by molar-refractivity contribution is 7.92. The number of aromatic nitrogens is 1. The summed E-state index contributed by atoms with van der Waals surface area (Å²) in [4.78, 5) is 31.9. The summed E-state index contributed by atoms with van der Waals surface area (Å²) in [5.41, 5.74) is 3.79. The summed E-state index contributed by atoms with van der Waals surface area (Å²) in [7, 11) is -2.17. The van der Waals surface area contributed by atoms with Gasteiger partial charge in [0.2, 0.25) is 10.0 Å². The van der Waals surface area contributed by atoms with E-state index in [4.69, 9.17) is 4.42 Å². The number of benzene rings is 3. The number of fused-ring (bicyclic) bond motifs is 2. The minimum Gasteiger partial charge on any atom is -0.455 e. The number of furan rings is 1. The van der Waals surface area contributed by atoms with Gasteiger partial charge in [-0.2, -0.15) is 0 Å². The number of Topliss-reactive ketones (excluding diaryl/α,β-unsaturated/α-hetero) is 1. The molecule has 0 saturated carbocycles. The molecule has 5 aromatic rings. The number of piperidine rings is 1. The normalized spacial score (nSPS) is 15.7. The van der Waals surface area contributed by atoms with Crippen molar-refractivity contribution in [2.75, 3.05) is 30.7 Å². The summed E-state index contributed by atoms with van der Waals surface area (Å²) in [6.45, 7) is 2.71. The van der Waals surface area contributed by atoms with Crippen molar-refractivity contribution in [3.63, 3.8) is 0 Å². The second-order valence-corrected chi connectivity index (χ2v) is 13.1. The van der Waals surface area contributed by atoms with Crippen molar-refractivity contribution in [2.45, 2.75) is 32.1 Å². The molecule has 0 aliphatic carbocycles. The van der Waals surface area contributed by atoms with E-state index in [2.05, 4.69) is 4.98 Å². The number of nitrogens with zero attached hydrogens (tertiary/aromatic N) is 2. The molecule has 0 bridgehead atoms. The quantitative estimate of drug-likeness (QED) is 0.208. The van der Waals surface area contributed by atoms with Crippen LogP contribution in [0.3, 0.4) is 0 Å². The van der Waals surface area contributed by atoms with Gasteiger partial charge in [-0.3, -0.25) is 13.9 Å². The monoisotopic (exact) mass is 601 g/mol. The van der Waals surface area contributed by atoms with Crippen LogP contribution in [0.5, 0.6) is 0 Å². The van der Waals surface area contributed by atoms with Crippen molar-refractivity contribution in [1.29, 1.82) is 0 Å². The number of carbonyl (C=O) groups is 2. The van der Waals surface area contributed by atoms with Gasteiger partial charge in [-0.25, -0.2) is 12.8 Å². The van der Waals surface area contributed by atoms with Crippen molar-refractivity contribution in [3.05, 3.63) is 89.4 Å². The molecule has 1 aliphatic rings. The first kappa shape index (κ1) is 28.7. The molecule has 8 nitrogen and oxygen atoms in total. The molecule has 0 spiro atoms. The highest BCUT2D eigenvalue weighted by Crippen LogP contribution is 2.42. The van der Waals surface area contributed by atoms with Crippen LogP contribution in [0, 0.1) is 5.82 Å². The largest absolute Gasteiger partial charge is 0.455 e. The minimum atomic E-state index is -3.66. The summed E-state index contributed by atoms with van der Waals surface area (Å²) in [6, 6.07) is 18.8. The Morgan fingerprint density at radius 3 is 2.53 bits per heavy atom. The Morgan fingerprint density at radius 1 is 1.09 bits per heavy atom. The van der Waals surface area contributed by atoms with Gasteiger partial charge in [0.05, 0.1) is 17.5 Å². The van der Waals surface area contributed by atoms with Crippen molar-refractivity contribution in [1.82, 2.24) is 9.88 Å². The molecule has 0 radical (unpaired) electrons. The predicted octanol–water partition coefficient (Wildman–Crippen LogP) is 6.73. The molecule has 43 heavy (non-hydrogen) atoms. The lowest BCUT2D eigenvalue weighted by Gasteiger charge is -2.34.